The van der Waals surface area contributed by atoms with Crippen LogP contribution in [0, 0.1) is 6.92 Å². The topological polar surface area (TPSA) is 46.4 Å². The van der Waals surface area contributed by atoms with Gasteiger partial charge in [0, 0.05) is 12.1 Å². The Balaban J connectivity index is 1.86. The van der Waals surface area contributed by atoms with E-state index >= 15 is 0 Å². The summed E-state index contributed by atoms with van der Waals surface area (Å²) < 4.78 is 2.27. The lowest BCUT2D eigenvalue weighted by Crippen LogP contribution is -2.16. The maximum atomic E-state index is 12.9. The summed E-state index contributed by atoms with van der Waals surface area (Å²) in [6.45, 7) is 5.15. The Morgan fingerprint density at radius 1 is 1.00 bits per heavy atom. The average molecular weight is 462 g/mol. The Bertz CT molecular complexity index is 1220. The van der Waals surface area contributed by atoms with E-state index in [1.807, 2.05) is 47.8 Å². The molecule has 0 radical (unpaired) electrons. The first kappa shape index (κ1) is 22.2. The fourth-order valence-corrected chi connectivity index (χ4v) is 5.21. The zero-order valence-electron chi connectivity index (χ0n) is 18.4. The monoisotopic (exact) mass is 461 g/mol. The molecule has 0 atom stereocenters. The first-order chi connectivity index (χ1) is 15.7. The van der Waals surface area contributed by atoms with E-state index < -0.39 is 0 Å². The van der Waals surface area contributed by atoms with Crippen LogP contribution in [0.1, 0.15) is 41.4 Å². The molecular weight excluding hydrogens is 434 g/mol. The average Bonchev–Trinajstić information content (AvgIpc) is 3.45. The Hall–Kier alpha value is -2.96. The molecule has 0 unspecified atom stereocenters. The van der Waals surface area contributed by atoms with Gasteiger partial charge in [-0.2, -0.15) is 0 Å². The molecular formula is C26H27N3OS2. The van der Waals surface area contributed by atoms with Crippen LogP contribution < -0.4 is 10.1 Å². The molecule has 0 saturated heterocycles. The number of aryl methyl sites for hydroxylation is 1. The van der Waals surface area contributed by atoms with Crippen LogP contribution in [0.3, 0.4) is 0 Å². The second-order valence-corrected chi connectivity index (χ2v) is 9.59. The molecule has 0 aliphatic carbocycles. The summed E-state index contributed by atoms with van der Waals surface area (Å²) in [5.41, 5.74) is 4.22. The largest absolute Gasteiger partial charge is 0.315 e. The maximum absolute atomic E-state index is 12.9. The summed E-state index contributed by atoms with van der Waals surface area (Å²) in [5.74, 6) is -0.0819. The third-order valence-corrected chi connectivity index (χ3v) is 7.03. The SMILES string of the molecule is CCCCCn1c(-c2ccc(C)cc2)c(NC(=O)c2cccs2)sc1=Nc1ccccc1. The Morgan fingerprint density at radius 2 is 1.78 bits per heavy atom. The number of nitrogens with one attached hydrogen (secondary N) is 1. The van der Waals surface area contributed by atoms with Crippen molar-refractivity contribution in [2.24, 2.45) is 4.99 Å². The Morgan fingerprint density at radius 3 is 2.47 bits per heavy atom. The van der Waals surface area contributed by atoms with Gasteiger partial charge in [-0.25, -0.2) is 4.99 Å². The number of thiophene rings is 1. The van der Waals surface area contributed by atoms with E-state index in [2.05, 4.69) is 48.0 Å². The van der Waals surface area contributed by atoms with E-state index in [4.69, 9.17) is 4.99 Å². The maximum Gasteiger partial charge on any atom is 0.266 e. The summed E-state index contributed by atoms with van der Waals surface area (Å²) in [6.07, 6.45) is 3.36. The highest BCUT2D eigenvalue weighted by atomic mass is 32.1. The summed E-state index contributed by atoms with van der Waals surface area (Å²) >= 11 is 2.98. The number of benzene rings is 2. The highest BCUT2D eigenvalue weighted by molar-refractivity contribution is 7.14. The van der Waals surface area contributed by atoms with E-state index in [0.29, 0.717) is 4.88 Å². The van der Waals surface area contributed by atoms with Crippen LogP contribution in [0.5, 0.6) is 0 Å². The minimum Gasteiger partial charge on any atom is -0.315 e. The third kappa shape index (κ3) is 5.26. The molecule has 4 rings (SSSR count). The summed E-state index contributed by atoms with van der Waals surface area (Å²) in [5, 5.41) is 5.93. The van der Waals surface area contributed by atoms with Crippen LogP contribution >= 0.6 is 22.7 Å². The van der Waals surface area contributed by atoms with Gasteiger partial charge in [0.15, 0.2) is 4.80 Å². The molecule has 0 fully saturated rings. The number of anilines is 1. The van der Waals surface area contributed by atoms with Crippen LogP contribution in [-0.4, -0.2) is 10.5 Å². The first-order valence-electron chi connectivity index (χ1n) is 10.9. The molecule has 6 heteroatoms. The van der Waals surface area contributed by atoms with Gasteiger partial charge in [0.25, 0.3) is 5.91 Å². The van der Waals surface area contributed by atoms with Crippen LogP contribution in [0.4, 0.5) is 10.7 Å². The second-order valence-electron chi connectivity index (χ2n) is 7.67. The van der Waals surface area contributed by atoms with Gasteiger partial charge in [0.05, 0.1) is 16.3 Å². The molecule has 1 amide bonds. The number of nitrogens with zero attached hydrogens (tertiary/aromatic N) is 2. The smallest absolute Gasteiger partial charge is 0.266 e. The lowest BCUT2D eigenvalue weighted by molar-refractivity contribution is 0.103. The molecule has 0 bridgehead atoms. The quantitative estimate of drug-likeness (QED) is 0.276. The van der Waals surface area contributed by atoms with Gasteiger partial charge >= 0.3 is 0 Å². The third-order valence-electron chi connectivity index (χ3n) is 5.17. The zero-order valence-corrected chi connectivity index (χ0v) is 20.0. The number of amides is 1. The van der Waals surface area contributed by atoms with E-state index in [1.54, 1.807) is 0 Å². The van der Waals surface area contributed by atoms with E-state index in [-0.39, 0.29) is 5.91 Å². The van der Waals surface area contributed by atoms with Crippen molar-refractivity contribution in [3.05, 3.63) is 87.4 Å². The Labute approximate surface area is 196 Å². The first-order valence-corrected chi connectivity index (χ1v) is 12.6. The number of carbonyl (C=O) groups is 1. The fourth-order valence-electron chi connectivity index (χ4n) is 3.49. The number of thiazole rings is 1. The van der Waals surface area contributed by atoms with Gasteiger partial charge < -0.3 is 9.88 Å². The summed E-state index contributed by atoms with van der Waals surface area (Å²) in [4.78, 5) is 19.5. The highest BCUT2D eigenvalue weighted by Gasteiger charge is 2.19. The Kier molecular flexibility index (Phi) is 7.35. The van der Waals surface area contributed by atoms with E-state index in [9.17, 15) is 4.79 Å². The fraction of sp³-hybridized carbons (Fsp3) is 0.231. The minimum absolute atomic E-state index is 0.0819. The van der Waals surface area contributed by atoms with Gasteiger partial charge in [0.2, 0.25) is 0 Å². The molecule has 0 aliphatic heterocycles. The predicted molar refractivity (Wildman–Crippen MR) is 136 cm³/mol. The van der Waals surface area contributed by atoms with Crippen LogP contribution in [0.25, 0.3) is 11.3 Å². The summed E-state index contributed by atoms with van der Waals surface area (Å²) in [7, 11) is 0. The molecule has 32 heavy (non-hydrogen) atoms. The van der Waals surface area contributed by atoms with Crippen LogP contribution in [-0.2, 0) is 6.54 Å². The van der Waals surface area contributed by atoms with Gasteiger partial charge in [-0.3, -0.25) is 4.79 Å². The van der Waals surface area contributed by atoms with Crippen molar-refractivity contribution in [2.45, 2.75) is 39.7 Å². The minimum atomic E-state index is -0.0819. The predicted octanol–water partition coefficient (Wildman–Crippen LogP) is 7.26. The molecule has 4 nitrogen and oxygen atoms in total. The number of unbranched alkanes of at least 4 members (excludes halogenated alkanes) is 2. The molecule has 2 aromatic heterocycles. The molecule has 2 heterocycles. The van der Waals surface area contributed by atoms with Crippen molar-refractivity contribution in [2.75, 3.05) is 5.32 Å². The number of hydrogen-bond acceptors (Lipinski definition) is 4. The lowest BCUT2D eigenvalue weighted by atomic mass is 10.1. The van der Waals surface area contributed by atoms with Crippen molar-refractivity contribution < 1.29 is 4.79 Å². The zero-order chi connectivity index (χ0) is 22.3. The number of aromatic nitrogens is 1. The molecule has 0 saturated carbocycles. The van der Waals surface area contributed by atoms with Crippen LogP contribution in [0.2, 0.25) is 0 Å². The second kappa shape index (κ2) is 10.6. The molecule has 2 aromatic carbocycles. The number of carbonyl (C=O) groups excluding carboxylic acids is 1. The van der Waals surface area contributed by atoms with Gasteiger partial charge in [0.1, 0.15) is 5.00 Å². The van der Waals surface area contributed by atoms with Crippen molar-refractivity contribution >= 4 is 39.3 Å². The van der Waals surface area contributed by atoms with Gasteiger partial charge in [-0.1, -0.05) is 85.2 Å². The number of hydrogen-bond donors (Lipinski definition) is 1. The molecule has 0 spiro atoms. The van der Waals surface area contributed by atoms with E-state index in [1.165, 1.54) is 28.2 Å². The standard InChI is InChI=1S/C26H27N3OS2/c1-3-4-8-17-29-23(20-15-13-19(2)14-16-20)25(28-24(30)22-12-9-18-31-22)32-26(29)27-21-10-6-5-7-11-21/h5-7,9-16,18H,3-4,8,17H2,1-2H3,(H,28,30). The highest BCUT2D eigenvalue weighted by Crippen LogP contribution is 2.32. The van der Waals surface area contributed by atoms with E-state index in [0.717, 1.165) is 52.6 Å². The molecule has 1 N–H and O–H groups in total. The molecule has 0 aliphatic rings. The van der Waals surface area contributed by atoms with Crippen molar-refractivity contribution in [1.82, 2.24) is 4.57 Å². The molecule has 4 aromatic rings. The van der Waals surface area contributed by atoms with Gasteiger partial charge in [-0.15, -0.1) is 11.3 Å². The van der Waals surface area contributed by atoms with Gasteiger partial charge in [-0.05, 0) is 36.9 Å². The normalized spacial score (nSPS) is 11.6. The van der Waals surface area contributed by atoms with Crippen molar-refractivity contribution in [3.63, 3.8) is 0 Å². The van der Waals surface area contributed by atoms with Crippen LogP contribution in [0.15, 0.2) is 77.1 Å². The van der Waals surface area contributed by atoms with Crippen molar-refractivity contribution in [1.29, 1.82) is 0 Å². The summed E-state index contributed by atoms with van der Waals surface area (Å²) in [6, 6.07) is 22.2. The molecule has 164 valence electrons. The number of para-hydroxylation sites is 1. The lowest BCUT2D eigenvalue weighted by Gasteiger charge is -2.12. The number of rotatable bonds is 8. The van der Waals surface area contributed by atoms with Crippen molar-refractivity contribution in [3.8, 4) is 11.3 Å².